The number of carbonyl (C=O) groups excluding carboxylic acids is 1. The monoisotopic (exact) mass is 346 g/mol. The van der Waals surface area contributed by atoms with E-state index in [1.54, 1.807) is 24.5 Å². The number of pyridine rings is 1. The van der Waals surface area contributed by atoms with Gasteiger partial charge in [0.05, 0.1) is 10.0 Å². The van der Waals surface area contributed by atoms with E-state index in [1.807, 2.05) is 35.2 Å². The van der Waals surface area contributed by atoms with Gasteiger partial charge in [-0.25, -0.2) is 0 Å². The van der Waals surface area contributed by atoms with Crippen molar-refractivity contribution >= 4 is 35.2 Å². The van der Waals surface area contributed by atoms with Crippen LogP contribution in [0.25, 0.3) is 6.08 Å². The van der Waals surface area contributed by atoms with Crippen molar-refractivity contribution in [2.24, 2.45) is 0 Å². The fourth-order valence-corrected chi connectivity index (χ4v) is 2.67. The van der Waals surface area contributed by atoms with Gasteiger partial charge in [-0.15, -0.1) is 0 Å². The van der Waals surface area contributed by atoms with Crippen LogP contribution in [0.15, 0.2) is 48.8 Å². The van der Waals surface area contributed by atoms with Gasteiger partial charge in [0.2, 0.25) is 5.91 Å². The first kappa shape index (κ1) is 16.0. The fourth-order valence-electron chi connectivity index (χ4n) is 2.35. The molecule has 0 bridgehead atoms. The summed E-state index contributed by atoms with van der Waals surface area (Å²) in [6.45, 7) is 0.543. The molecule has 0 spiro atoms. The summed E-state index contributed by atoms with van der Waals surface area (Å²) in [6, 6.07) is 9.54. The van der Waals surface area contributed by atoms with Crippen molar-refractivity contribution in [1.82, 2.24) is 9.88 Å². The number of amides is 1. The zero-order chi connectivity index (χ0) is 16.2. The summed E-state index contributed by atoms with van der Waals surface area (Å²) in [6.07, 6.45) is 8.95. The van der Waals surface area contributed by atoms with E-state index in [9.17, 15) is 4.79 Å². The number of rotatable bonds is 5. The van der Waals surface area contributed by atoms with E-state index < -0.39 is 0 Å². The number of halogens is 2. The summed E-state index contributed by atoms with van der Waals surface area (Å²) >= 11 is 12.0. The third-order valence-corrected chi connectivity index (χ3v) is 4.47. The van der Waals surface area contributed by atoms with E-state index in [4.69, 9.17) is 23.2 Å². The Balaban J connectivity index is 1.72. The normalized spacial score (nSPS) is 14.2. The van der Waals surface area contributed by atoms with Gasteiger partial charge in [-0.2, -0.15) is 0 Å². The molecule has 0 N–H and O–H groups in total. The van der Waals surface area contributed by atoms with Crippen molar-refractivity contribution in [1.29, 1.82) is 0 Å². The zero-order valence-corrected chi connectivity index (χ0v) is 14.0. The maximum atomic E-state index is 12.5. The van der Waals surface area contributed by atoms with Gasteiger partial charge >= 0.3 is 0 Å². The van der Waals surface area contributed by atoms with E-state index in [1.165, 1.54) is 0 Å². The molecule has 0 atom stereocenters. The van der Waals surface area contributed by atoms with Crippen molar-refractivity contribution in [3.05, 3.63) is 70.0 Å². The Morgan fingerprint density at radius 1 is 1.17 bits per heavy atom. The summed E-state index contributed by atoms with van der Waals surface area (Å²) in [5.41, 5.74) is 1.94. The summed E-state index contributed by atoms with van der Waals surface area (Å²) in [5.74, 6) is 0.00962. The third-order valence-electron chi connectivity index (χ3n) is 3.73. The van der Waals surface area contributed by atoms with Crippen molar-refractivity contribution in [3.63, 3.8) is 0 Å². The van der Waals surface area contributed by atoms with Gasteiger partial charge in [-0.1, -0.05) is 29.3 Å². The molecule has 1 aliphatic carbocycles. The number of hydrogen-bond donors (Lipinski definition) is 0. The second-order valence-electron chi connectivity index (χ2n) is 5.56. The van der Waals surface area contributed by atoms with Gasteiger partial charge in [0.25, 0.3) is 0 Å². The van der Waals surface area contributed by atoms with Crippen LogP contribution in [0.3, 0.4) is 0 Å². The van der Waals surface area contributed by atoms with Crippen LogP contribution in [0.2, 0.25) is 10.0 Å². The zero-order valence-electron chi connectivity index (χ0n) is 12.5. The Hall–Kier alpha value is -1.84. The van der Waals surface area contributed by atoms with Gasteiger partial charge in [0, 0.05) is 31.1 Å². The molecule has 23 heavy (non-hydrogen) atoms. The molecule has 0 aliphatic heterocycles. The SMILES string of the molecule is O=C(/C=C/c1ccncc1)N(Cc1ccc(Cl)c(Cl)c1)C1CC1. The van der Waals surface area contributed by atoms with Crippen molar-refractivity contribution < 1.29 is 4.79 Å². The largest absolute Gasteiger partial charge is 0.332 e. The molecule has 1 aliphatic rings. The lowest BCUT2D eigenvalue weighted by Gasteiger charge is -2.21. The van der Waals surface area contributed by atoms with Crippen LogP contribution in [-0.4, -0.2) is 21.8 Å². The van der Waals surface area contributed by atoms with Crippen LogP contribution >= 0.6 is 23.2 Å². The topological polar surface area (TPSA) is 33.2 Å². The van der Waals surface area contributed by atoms with Gasteiger partial charge in [-0.05, 0) is 54.3 Å². The molecule has 1 amide bonds. The summed E-state index contributed by atoms with van der Waals surface area (Å²) < 4.78 is 0. The van der Waals surface area contributed by atoms with Crippen LogP contribution in [0.5, 0.6) is 0 Å². The average Bonchev–Trinajstić information content (AvgIpc) is 3.39. The predicted molar refractivity (Wildman–Crippen MR) is 93.3 cm³/mol. The van der Waals surface area contributed by atoms with E-state index in [2.05, 4.69) is 4.98 Å². The first-order valence-electron chi connectivity index (χ1n) is 7.46. The van der Waals surface area contributed by atoms with E-state index in [0.717, 1.165) is 24.0 Å². The molecule has 5 heteroatoms. The standard InChI is InChI=1S/C18H16Cl2N2O/c19-16-5-1-14(11-17(16)20)12-22(15-3-4-15)18(23)6-2-13-7-9-21-10-8-13/h1-2,5-11,15H,3-4,12H2/b6-2+. The molecule has 2 aromatic rings. The minimum Gasteiger partial charge on any atom is -0.332 e. The first-order valence-corrected chi connectivity index (χ1v) is 8.22. The first-order chi connectivity index (χ1) is 11.1. The maximum absolute atomic E-state index is 12.5. The molecule has 1 saturated carbocycles. The van der Waals surface area contributed by atoms with Gasteiger partial charge < -0.3 is 4.90 Å². The summed E-state index contributed by atoms with van der Waals surface area (Å²) in [5, 5.41) is 1.04. The molecular formula is C18H16Cl2N2O. The van der Waals surface area contributed by atoms with Crippen molar-refractivity contribution in [3.8, 4) is 0 Å². The highest BCUT2D eigenvalue weighted by Gasteiger charge is 2.31. The number of aromatic nitrogens is 1. The van der Waals surface area contributed by atoms with E-state index in [0.29, 0.717) is 22.6 Å². The molecule has 0 saturated heterocycles. The lowest BCUT2D eigenvalue weighted by atomic mass is 10.2. The lowest BCUT2D eigenvalue weighted by molar-refractivity contribution is -0.127. The van der Waals surface area contributed by atoms with E-state index >= 15 is 0 Å². The second kappa shape index (κ2) is 7.16. The summed E-state index contributed by atoms with van der Waals surface area (Å²) in [4.78, 5) is 18.4. The Kier molecular flexibility index (Phi) is 4.99. The molecule has 1 aromatic heterocycles. The van der Waals surface area contributed by atoms with Crippen LogP contribution < -0.4 is 0 Å². The van der Waals surface area contributed by atoms with Gasteiger partial charge in [-0.3, -0.25) is 9.78 Å². The second-order valence-corrected chi connectivity index (χ2v) is 6.37. The molecule has 1 heterocycles. The van der Waals surface area contributed by atoms with Gasteiger partial charge in [0.15, 0.2) is 0 Å². The molecule has 1 aromatic carbocycles. The molecule has 1 fully saturated rings. The molecular weight excluding hydrogens is 331 g/mol. The Bertz CT molecular complexity index is 727. The highest BCUT2D eigenvalue weighted by Crippen LogP contribution is 2.30. The number of benzene rings is 1. The quantitative estimate of drug-likeness (QED) is 0.741. The third kappa shape index (κ3) is 4.34. The highest BCUT2D eigenvalue weighted by atomic mass is 35.5. The van der Waals surface area contributed by atoms with Crippen molar-refractivity contribution in [2.45, 2.75) is 25.4 Å². The smallest absolute Gasteiger partial charge is 0.247 e. The summed E-state index contributed by atoms with van der Waals surface area (Å²) in [7, 11) is 0. The molecule has 118 valence electrons. The fraction of sp³-hybridized carbons (Fsp3) is 0.222. The van der Waals surface area contributed by atoms with Crippen LogP contribution in [0, 0.1) is 0 Å². The molecule has 0 radical (unpaired) electrons. The Morgan fingerprint density at radius 2 is 1.91 bits per heavy atom. The van der Waals surface area contributed by atoms with Crippen LogP contribution in [0.1, 0.15) is 24.0 Å². The number of hydrogen-bond acceptors (Lipinski definition) is 2. The minimum absolute atomic E-state index is 0.00962. The molecule has 3 rings (SSSR count). The number of carbonyl (C=O) groups is 1. The maximum Gasteiger partial charge on any atom is 0.247 e. The Labute approximate surface area is 145 Å². The van der Waals surface area contributed by atoms with Crippen LogP contribution in [-0.2, 0) is 11.3 Å². The Morgan fingerprint density at radius 3 is 2.57 bits per heavy atom. The van der Waals surface area contributed by atoms with Crippen molar-refractivity contribution in [2.75, 3.05) is 0 Å². The van der Waals surface area contributed by atoms with E-state index in [-0.39, 0.29) is 5.91 Å². The van der Waals surface area contributed by atoms with Crippen LogP contribution in [0.4, 0.5) is 0 Å². The molecule has 3 nitrogen and oxygen atoms in total. The highest BCUT2D eigenvalue weighted by molar-refractivity contribution is 6.42. The average molecular weight is 347 g/mol. The molecule has 0 unspecified atom stereocenters. The number of nitrogens with zero attached hydrogens (tertiary/aromatic N) is 2. The minimum atomic E-state index is 0.00962. The van der Waals surface area contributed by atoms with Gasteiger partial charge in [0.1, 0.15) is 0 Å². The lowest BCUT2D eigenvalue weighted by Crippen LogP contribution is -2.31. The predicted octanol–water partition coefficient (Wildman–Crippen LogP) is 4.59.